The number of benzene rings is 1. The molecular formula is C18H23BrCl2N2O3S. The molecule has 9 heteroatoms. The fourth-order valence-electron chi connectivity index (χ4n) is 3.85. The van der Waals surface area contributed by atoms with Crippen molar-refractivity contribution in [3.63, 3.8) is 0 Å². The number of hydrogen-bond donors (Lipinski definition) is 1. The predicted molar refractivity (Wildman–Crippen MR) is 111 cm³/mol. The number of amides is 1. The molecule has 1 aliphatic carbocycles. The Balaban J connectivity index is 1.74. The van der Waals surface area contributed by atoms with E-state index in [2.05, 4.69) is 21.2 Å². The van der Waals surface area contributed by atoms with E-state index < -0.39 is 10.0 Å². The van der Waals surface area contributed by atoms with Crippen LogP contribution in [0, 0.1) is 5.92 Å². The summed E-state index contributed by atoms with van der Waals surface area (Å²) in [6, 6.07) is 3.24. The Morgan fingerprint density at radius 2 is 1.70 bits per heavy atom. The van der Waals surface area contributed by atoms with Crippen molar-refractivity contribution in [1.29, 1.82) is 0 Å². The van der Waals surface area contributed by atoms with Crippen molar-refractivity contribution in [3.8, 4) is 0 Å². The molecule has 1 aliphatic heterocycles. The van der Waals surface area contributed by atoms with Crippen molar-refractivity contribution in [2.45, 2.75) is 55.9 Å². The molecule has 1 N–H and O–H groups in total. The van der Waals surface area contributed by atoms with Crippen LogP contribution < -0.4 is 5.32 Å². The summed E-state index contributed by atoms with van der Waals surface area (Å²) in [5.41, 5.74) is 0. The Bertz CT molecular complexity index is 790. The molecule has 0 radical (unpaired) electrons. The van der Waals surface area contributed by atoms with E-state index in [4.69, 9.17) is 23.2 Å². The maximum Gasteiger partial charge on any atom is 0.246 e. The molecule has 150 valence electrons. The van der Waals surface area contributed by atoms with Crippen LogP contribution in [0.1, 0.15) is 44.9 Å². The Kier molecular flexibility index (Phi) is 7.12. The highest BCUT2D eigenvalue weighted by Crippen LogP contribution is 2.36. The van der Waals surface area contributed by atoms with E-state index in [1.807, 2.05) is 0 Å². The molecule has 1 unspecified atom stereocenters. The summed E-state index contributed by atoms with van der Waals surface area (Å²) in [6.07, 6.45) is 6.82. The third kappa shape index (κ3) is 4.99. The highest BCUT2D eigenvalue weighted by molar-refractivity contribution is 9.10. The molecule has 2 fully saturated rings. The van der Waals surface area contributed by atoms with Gasteiger partial charge in [-0.2, -0.15) is 4.31 Å². The number of piperidine rings is 1. The average Bonchev–Trinajstić information content (AvgIpc) is 2.61. The van der Waals surface area contributed by atoms with Gasteiger partial charge in [0, 0.05) is 23.6 Å². The van der Waals surface area contributed by atoms with E-state index in [9.17, 15) is 13.2 Å². The van der Waals surface area contributed by atoms with Crippen molar-refractivity contribution < 1.29 is 13.2 Å². The van der Waals surface area contributed by atoms with E-state index in [0.29, 0.717) is 23.9 Å². The second-order valence-electron chi connectivity index (χ2n) is 7.24. The molecular weight excluding hydrogens is 475 g/mol. The summed E-state index contributed by atoms with van der Waals surface area (Å²) in [6.45, 7) is 0.516. The lowest BCUT2D eigenvalue weighted by Crippen LogP contribution is -2.47. The van der Waals surface area contributed by atoms with Gasteiger partial charge < -0.3 is 5.32 Å². The lowest BCUT2D eigenvalue weighted by atomic mass is 9.93. The standard InChI is InChI=1S/C18H23BrCl2N2O3S/c19-13-9-15(20)17(16(21)10-13)27(25,26)23-8-4-5-12(11-23)18(24)22-14-6-2-1-3-7-14/h9-10,12,14H,1-8,11H2,(H,22,24). The number of halogens is 3. The molecule has 1 saturated carbocycles. The first kappa shape index (κ1) is 21.4. The molecule has 1 aromatic carbocycles. The molecule has 0 aromatic heterocycles. The topological polar surface area (TPSA) is 66.5 Å². The van der Waals surface area contributed by atoms with Crippen LogP contribution in [0.4, 0.5) is 0 Å². The predicted octanol–water partition coefficient (Wildman–Crippen LogP) is 4.61. The van der Waals surface area contributed by atoms with Gasteiger partial charge in [0.2, 0.25) is 15.9 Å². The van der Waals surface area contributed by atoms with E-state index in [1.54, 1.807) is 0 Å². The van der Waals surface area contributed by atoms with Crippen molar-refractivity contribution in [2.24, 2.45) is 5.92 Å². The van der Waals surface area contributed by atoms with Gasteiger partial charge in [-0.25, -0.2) is 8.42 Å². The van der Waals surface area contributed by atoms with Gasteiger partial charge in [0.25, 0.3) is 0 Å². The van der Waals surface area contributed by atoms with Gasteiger partial charge in [-0.3, -0.25) is 4.79 Å². The van der Waals surface area contributed by atoms with Crippen molar-refractivity contribution in [3.05, 3.63) is 26.7 Å². The third-order valence-corrected chi connectivity index (χ3v) is 8.51. The van der Waals surface area contributed by atoms with E-state index in [1.165, 1.54) is 22.9 Å². The van der Waals surface area contributed by atoms with Gasteiger partial charge in [-0.1, -0.05) is 58.4 Å². The number of nitrogens with one attached hydrogen (secondary N) is 1. The fourth-order valence-corrected chi connectivity index (χ4v) is 7.25. The van der Waals surface area contributed by atoms with Crippen LogP contribution in [-0.4, -0.2) is 37.8 Å². The van der Waals surface area contributed by atoms with Crippen LogP contribution in [0.5, 0.6) is 0 Å². The molecule has 1 amide bonds. The summed E-state index contributed by atoms with van der Waals surface area (Å²) in [4.78, 5) is 12.6. The normalized spacial score (nSPS) is 22.6. The van der Waals surface area contributed by atoms with Crippen LogP contribution >= 0.6 is 39.1 Å². The smallest absolute Gasteiger partial charge is 0.246 e. The minimum absolute atomic E-state index is 0.0465. The number of carbonyl (C=O) groups excluding carboxylic acids is 1. The summed E-state index contributed by atoms with van der Waals surface area (Å²) in [5, 5.41) is 3.26. The SMILES string of the molecule is O=C(NC1CCCCC1)C1CCCN(S(=O)(=O)c2c(Cl)cc(Br)cc2Cl)C1. The van der Waals surface area contributed by atoms with Gasteiger partial charge in [-0.15, -0.1) is 0 Å². The summed E-state index contributed by atoms with van der Waals surface area (Å²) in [7, 11) is -3.87. The Hall–Kier alpha value is -0.340. The van der Waals surface area contributed by atoms with E-state index in [-0.39, 0.29) is 39.4 Å². The van der Waals surface area contributed by atoms with Crippen molar-refractivity contribution in [1.82, 2.24) is 9.62 Å². The maximum absolute atomic E-state index is 13.1. The Labute approximate surface area is 179 Å². The van der Waals surface area contributed by atoms with Crippen LogP contribution in [0.3, 0.4) is 0 Å². The van der Waals surface area contributed by atoms with Gasteiger partial charge in [0.15, 0.2) is 0 Å². The fraction of sp³-hybridized carbons (Fsp3) is 0.611. The molecule has 2 aliphatic rings. The van der Waals surface area contributed by atoms with Gasteiger partial charge in [0.05, 0.1) is 16.0 Å². The molecule has 1 heterocycles. The van der Waals surface area contributed by atoms with Gasteiger partial charge >= 0.3 is 0 Å². The minimum atomic E-state index is -3.87. The summed E-state index contributed by atoms with van der Waals surface area (Å²) in [5.74, 6) is -0.391. The first-order chi connectivity index (χ1) is 12.8. The summed E-state index contributed by atoms with van der Waals surface area (Å²) < 4.78 is 28.2. The molecule has 5 nitrogen and oxygen atoms in total. The number of carbonyl (C=O) groups is 1. The van der Waals surface area contributed by atoms with Gasteiger partial charge in [0.1, 0.15) is 4.90 Å². The highest BCUT2D eigenvalue weighted by atomic mass is 79.9. The van der Waals surface area contributed by atoms with Crippen LogP contribution in [0.15, 0.2) is 21.5 Å². The molecule has 1 atom stereocenters. The molecule has 0 spiro atoms. The molecule has 27 heavy (non-hydrogen) atoms. The number of hydrogen-bond acceptors (Lipinski definition) is 3. The van der Waals surface area contributed by atoms with Crippen molar-refractivity contribution in [2.75, 3.05) is 13.1 Å². The lowest BCUT2D eigenvalue weighted by molar-refractivity contribution is -0.127. The zero-order valence-electron chi connectivity index (χ0n) is 14.9. The van der Waals surface area contributed by atoms with Crippen LogP contribution in [-0.2, 0) is 14.8 Å². The Morgan fingerprint density at radius 3 is 2.33 bits per heavy atom. The first-order valence-corrected chi connectivity index (χ1v) is 12.2. The molecule has 1 aromatic rings. The lowest BCUT2D eigenvalue weighted by Gasteiger charge is -2.33. The first-order valence-electron chi connectivity index (χ1n) is 9.24. The minimum Gasteiger partial charge on any atom is -0.353 e. The second kappa shape index (κ2) is 8.99. The van der Waals surface area contributed by atoms with E-state index >= 15 is 0 Å². The largest absolute Gasteiger partial charge is 0.353 e. The zero-order valence-corrected chi connectivity index (χ0v) is 18.8. The monoisotopic (exact) mass is 496 g/mol. The van der Waals surface area contributed by atoms with Crippen LogP contribution in [0.25, 0.3) is 0 Å². The van der Waals surface area contributed by atoms with Crippen molar-refractivity contribution >= 4 is 55.1 Å². The average molecular weight is 498 g/mol. The number of nitrogens with zero attached hydrogens (tertiary/aromatic N) is 1. The van der Waals surface area contributed by atoms with E-state index in [0.717, 1.165) is 25.7 Å². The highest BCUT2D eigenvalue weighted by Gasteiger charge is 2.36. The second-order valence-corrected chi connectivity index (χ2v) is 10.8. The molecule has 1 saturated heterocycles. The number of sulfonamides is 1. The Morgan fingerprint density at radius 1 is 1.07 bits per heavy atom. The molecule has 0 bridgehead atoms. The molecule has 3 rings (SSSR count). The zero-order chi connectivity index (χ0) is 19.6. The summed E-state index contributed by atoms with van der Waals surface area (Å²) >= 11 is 15.6. The maximum atomic E-state index is 13.1. The number of rotatable bonds is 4. The van der Waals surface area contributed by atoms with Gasteiger partial charge in [-0.05, 0) is 37.8 Å². The quantitative estimate of drug-likeness (QED) is 0.660. The third-order valence-electron chi connectivity index (χ3n) is 5.27. The van der Waals surface area contributed by atoms with Crippen LogP contribution in [0.2, 0.25) is 10.0 Å².